The minimum atomic E-state index is -0.804. The molecule has 1 rings (SSSR count). The number of carbonyl (C=O) groups excluding carboxylic acids is 2. The van der Waals surface area contributed by atoms with Gasteiger partial charge in [0.1, 0.15) is 0 Å². The van der Waals surface area contributed by atoms with Gasteiger partial charge in [-0.25, -0.2) is 9.59 Å². The minimum Gasteiger partial charge on any atom is -0.466 e. The summed E-state index contributed by atoms with van der Waals surface area (Å²) in [6, 6.07) is -0.124. The van der Waals surface area contributed by atoms with Crippen molar-refractivity contribution in [1.29, 1.82) is 0 Å². The van der Waals surface area contributed by atoms with Crippen LogP contribution in [-0.2, 0) is 19.0 Å². The molecule has 1 aliphatic heterocycles. The summed E-state index contributed by atoms with van der Waals surface area (Å²) < 4.78 is 14.4. The van der Waals surface area contributed by atoms with E-state index in [0.717, 1.165) is 19.4 Å². The largest absolute Gasteiger partial charge is 0.508 e. The summed E-state index contributed by atoms with van der Waals surface area (Å²) in [4.78, 5) is 22.8. The maximum absolute atomic E-state index is 11.5. The predicted molar refractivity (Wildman–Crippen MR) is 64.1 cm³/mol. The quantitative estimate of drug-likeness (QED) is 0.585. The van der Waals surface area contributed by atoms with Crippen molar-refractivity contribution in [2.45, 2.75) is 31.9 Å². The van der Waals surface area contributed by atoms with Crippen LogP contribution < -0.4 is 5.32 Å². The average molecular weight is 257 g/mol. The number of nitrogens with one attached hydrogen (secondary N) is 1. The van der Waals surface area contributed by atoms with E-state index in [-0.39, 0.29) is 18.2 Å². The first-order chi connectivity index (χ1) is 8.60. The Kier molecular flexibility index (Phi) is 5.64. The van der Waals surface area contributed by atoms with Crippen LogP contribution >= 0.6 is 0 Å². The Morgan fingerprint density at radius 1 is 1.50 bits per heavy atom. The summed E-state index contributed by atoms with van der Waals surface area (Å²) >= 11 is 0. The lowest BCUT2D eigenvalue weighted by Crippen LogP contribution is -2.41. The van der Waals surface area contributed by atoms with Gasteiger partial charge >= 0.3 is 12.1 Å². The zero-order valence-electron chi connectivity index (χ0n) is 10.7. The molecule has 1 saturated heterocycles. The van der Waals surface area contributed by atoms with E-state index in [4.69, 9.17) is 9.47 Å². The molecule has 18 heavy (non-hydrogen) atoms. The first kappa shape index (κ1) is 14.5. The molecule has 1 unspecified atom stereocenters. The van der Waals surface area contributed by atoms with Crippen molar-refractivity contribution in [3.05, 3.63) is 12.2 Å². The van der Waals surface area contributed by atoms with Crippen molar-refractivity contribution in [2.24, 2.45) is 0 Å². The zero-order chi connectivity index (χ0) is 13.5. The van der Waals surface area contributed by atoms with Crippen molar-refractivity contribution >= 4 is 12.1 Å². The van der Waals surface area contributed by atoms with E-state index >= 15 is 0 Å². The molecule has 0 aliphatic carbocycles. The molecule has 0 aromatic carbocycles. The van der Waals surface area contributed by atoms with Crippen molar-refractivity contribution in [3.63, 3.8) is 0 Å². The van der Waals surface area contributed by atoms with E-state index < -0.39 is 18.2 Å². The first-order valence-corrected chi connectivity index (χ1v) is 5.94. The van der Waals surface area contributed by atoms with Crippen LogP contribution in [0.4, 0.5) is 4.79 Å². The Hall–Kier alpha value is -1.56. The van der Waals surface area contributed by atoms with Gasteiger partial charge in [-0.1, -0.05) is 6.58 Å². The van der Waals surface area contributed by atoms with Crippen molar-refractivity contribution in [1.82, 2.24) is 5.32 Å². The van der Waals surface area contributed by atoms with Crippen LogP contribution in [0.1, 0.15) is 19.8 Å². The standard InChI is InChI=1S/C12H19NO5/c1-4-17-12(15)18-10(8(2)11(14)16-3)9-6-5-7-13-9/h9-10,13H,2,4-7H2,1,3H3/t9-,10?/m0/s1. The van der Waals surface area contributed by atoms with Gasteiger partial charge in [0, 0.05) is 6.04 Å². The van der Waals surface area contributed by atoms with Gasteiger partial charge in [-0.05, 0) is 26.3 Å². The normalized spacial score (nSPS) is 20.0. The fraction of sp³-hybridized carbons (Fsp3) is 0.667. The van der Waals surface area contributed by atoms with Gasteiger partial charge in [-0.15, -0.1) is 0 Å². The Balaban J connectivity index is 2.71. The van der Waals surface area contributed by atoms with Gasteiger partial charge in [0.2, 0.25) is 0 Å². The highest BCUT2D eigenvalue weighted by Crippen LogP contribution is 2.19. The molecule has 1 N–H and O–H groups in total. The molecule has 0 aromatic heterocycles. The minimum absolute atomic E-state index is 0.116. The van der Waals surface area contributed by atoms with Crippen molar-refractivity contribution in [2.75, 3.05) is 20.3 Å². The van der Waals surface area contributed by atoms with Gasteiger partial charge < -0.3 is 19.5 Å². The van der Waals surface area contributed by atoms with Crippen LogP contribution in [0.5, 0.6) is 0 Å². The van der Waals surface area contributed by atoms with E-state index in [1.807, 2.05) is 0 Å². The van der Waals surface area contributed by atoms with E-state index in [2.05, 4.69) is 16.6 Å². The Morgan fingerprint density at radius 3 is 2.72 bits per heavy atom. The molecule has 0 saturated carbocycles. The molecule has 1 fully saturated rings. The molecule has 2 atom stereocenters. The van der Waals surface area contributed by atoms with Crippen LogP contribution in [0.15, 0.2) is 12.2 Å². The second-order valence-electron chi connectivity index (χ2n) is 3.94. The number of hydrogen-bond donors (Lipinski definition) is 1. The molecule has 102 valence electrons. The molecule has 0 spiro atoms. The van der Waals surface area contributed by atoms with E-state index in [9.17, 15) is 9.59 Å². The van der Waals surface area contributed by atoms with Gasteiger partial charge in [-0.2, -0.15) is 0 Å². The fourth-order valence-electron chi connectivity index (χ4n) is 1.87. The van der Waals surface area contributed by atoms with Crippen molar-refractivity contribution in [3.8, 4) is 0 Å². The average Bonchev–Trinajstić information content (AvgIpc) is 2.88. The molecule has 0 aromatic rings. The summed E-state index contributed by atoms with van der Waals surface area (Å²) in [5.74, 6) is -0.585. The molecule has 0 bridgehead atoms. The first-order valence-electron chi connectivity index (χ1n) is 5.94. The van der Waals surface area contributed by atoms with E-state index in [1.165, 1.54) is 7.11 Å². The number of carbonyl (C=O) groups is 2. The number of esters is 1. The third kappa shape index (κ3) is 3.73. The summed E-state index contributed by atoms with van der Waals surface area (Å²) in [6.45, 7) is 6.35. The summed E-state index contributed by atoms with van der Waals surface area (Å²) in [5.41, 5.74) is 0.116. The Morgan fingerprint density at radius 2 is 2.22 bits per heavy atom. The van der Waals surface area contributed by atoms with Crippen LogP contribution in [0.3, 0.4) is 0 Å². The molecular weight excluding hydrogens is 238 g/mol. The highest BCUT2D eigenvalue weighted by atomic mass is 16.7. The van der Waals surface area contributed by atoms with E-state index in [1.54, 1.807) is 6.92 Å². The van der Waals surface area contributed by atoms with Crippen LogP contribution in [0.25, 0.3) is 0 Å². The van der Waals surface area contributed by atoms with Crippen LogP contribution in [0, 0.1) is 0 Å². The SMILES string of the molecule is C=C(C(=O)OC)C(OC(=O)OCC)[C@@H]1CCCN1. The van der Waals surface area contributed by atoms with Gasteiger partial charge in [-0.3, -0.25) is 0 Å². The van der Waals surface area contributed by atoms with Gasteiger partial charge in [0.25, 0.3) is 0 Å². The van der Waals surface area contributed by atoms with Gasteiger partial charge in [0.05, 0.1) is 19.3 Å². The highest BCUT2D eigenvalue weighted by molar-refractivity contribution is 5.89. The third-order valence-corrected chi connectivity index (χ3v) is 2.74. The smallest absolute Gasteiger partial charge is 0.466 e. The van der Waals surface area contributed by atoms with E-state index in [0.29, 0.717) is 0 Å². The second kappa shape index (κ2) is 7.00. The summed E-state index contributed by atoms with van der Waals surface area (Å²) in [5, 5.41) is 3.16. The zero-order valence-corrected chi connectivity index (χ0v) is 10.7. The van der Waals surface area contributed by atoms with Crippen molar-refractivity contribution < 1.29 is 23.8 Å². The lowest BCUT2D eigenvalue weighted by atomic mass is 10.0. The second-order valence-corrected chi connectivity index (χ2v) is 3.94. The molecule has 1 aliphatic rings. The van der Waals surface area contributed by atoms with Crippen LogP contribution in [-0.4, -0.2) is 44.5 Å². The Bertz CT molecular complexity index is 322. The summed E-state index contributed by atoms with van der Waals surface area (Å²) in [6.07, 6.45) is 0.210. The van der Waals surface area contributed by atoms with Gasteiger partial charge in [0.15, 0.2) is 6.10 Å². The summed E-state index contributed by atoms with van der Waals surface area (Å²) in [7, 11) is 1.26. The fourth-order valence-corrected chi connectivity index (χ4v) is 1.87. The molecule has 0 radical (unpaired) electrons. The number of methoxy groups -OCH3 is 1. The lowest BCUT2D eigenvalue weighted by molar-refractivity contribution is -0.137. The number of hydrogen-bond acceptors (Lipinski definition) is 6. The predicted octanol–water partition coefficient (Wildman–Crippen LogP) is 1.01. The number of ether oxygens (including phenoxy) is 3. The maximum atomic E-state index is 11.5. The number of rotatable bonds is 5. The molecule has 6 nitrogen and oxygen atoms in total. The maximum Gasteiger partial charge on any atom is 0.508 e. The molecule has 1 heterocycles. The topological polar surface area (TPSA) is 73.9 Å². The molecule has 6 heteroatoms. The third-order valence-electron chi connectivity index (χ3n) is 2.74. The lowest BCUT2D eigenvalue weighted by Gasteiger charge is -2.24. The Labute approximate surface area is 106 Å². The van der Waals surface area contributed by atoms with Crippen LogP contribution in [0.2, 0.25) is 0 Å². The molecular formula is C12H19NO5. The monoisotopic (exact) mass is 257 g/mol. The highest BCUT2D eigenvalue weighted by Gasteiger charge is 2.33. The molecule has 0 amide bonds.